The number of aromatic amines is 1. The van der Waals surface area contributed by atoms with Crippen molar-refractivity contribution in [3.05, 3.63) is 75.7 Å². The zero-order chi connectivity index (χ0) is 25.2. The van der Waals surface area contributed by atoms with Gasteiger partial charge in [-0.3, -0.25) is 9.69 Å². The largest absolute Gasteiger partial charge is 0.468 e. The summed E-state index contributed by atoms with van der Waals surface area (Å²) in [6, 6.07) is 11.7. The summed E-state index contributed by atoms with van der Waals surface area (Å²) in [7, 11) is 0. The highest BCUT2D eigenvalue weighted by Gasteiger charge is 2.35. The number of nitrogens with one attached hydrogen (secondary N) is 1. The third-order valence-corrected chi connectivity index (χ3v) is 7.77. The molecule has 2 atom stereocenters. The van der Waals surface area contributed by atoms with E-state index in [0.717, 1.165) is 67.4 Å². The number of fused-ring (bicyclic) bond motifs is 1. The van der Waals surface area contributed by atoms with Crippen LogP contribution in [0.15, 0.2) is 51.9 Å². The maximum Gasteiger partial charge on any atom is 0.253 e. The molecule has 1 N–H and O–H groups in total. The summed E-state index contributed by atoms with van der Waals surface area (Å²) in [5.74, 6) is 1.53. The van der Waals surface area contributed by atoms with E-state index in [9.17, 15) is 4.79 Å². The molecule has 3 aromatic heterocycles. The summed E-state index contributed by atoms with van der Waals surface area (Å²) in [5, 5.41) is 14.2. The van der Waals surface area contributed by atoms with Gasteiger partial charge in [0.25, 0.3) is 5.56 Å². The first kappa shape index (κ1) is 24.1. The zero-order valence-electron chi connectivity index (χ0n) is 21.3. The van der Waals surface area contributed by atoms with Gasteiger partial charge in [-0.2, -0.15) is 0 Å². The molecule has 0 amide bonds. The van der Waals surface area contributed by atoms with Gasteiger partial charge in [-0.15, -0.1) is 5.10 Å². The molecule has 0 bridgehead atoms. The molecule has 6 rings (SSSR count). The molecule has 4 aromatic rings. The summed E-state index contributed by atoms with van der Waals surface area (Å²) < 4.78 is 13.8. The molecule has 1 saturated carbocycles. The highest BCUT2D eigenvalue weighted by atomic mass is 16.5. The molecule has 0 unspecified atom stereocenters. The van der Waals surface area contributed by atoms with Crippen molar-refractivity contribution in [2.75, 3.05) is 13.2 Å². The summed E-state index contributed by atoms with van der Waals surface area (Å²) in [6.07, 6.45) is 9.45. The highest BCUT2D eigenvalue weighted by molar-refractivity contribution is 5.79. The number of rotatable bonds is 8. The van der Waals surface area contributed by atoms with Crippen LogP contribution in [-0.4, -0.2) is 49.3 Å². The average Bonchev–Trinajstić information content (AvgIpc) is 3.69. The number of ether oxygens (including phenoxy) is 1. The van der Waals surface area contributed by atoms with Crippen LogP contribution in [0.1, 0.15) is 79.7 Å². The van der Waals surface area contributed by atoms with E-state index in [1.54, 1.807) is 6.26 Å². The Hall–Kier alpha value is -3.30. The Labute approximate surface area is 215 Å². The van der Waals surface area contributed by atoms with Crippen molar-refractivity contribution >= 4 is 10.9 Å². The smallest absolute Gasteiger partial charge is 0.253 e. The van der Waals surface area contributed by atoms with Crippen molar-refractivity contribution in [2.24, 2.45) is 0 Å². The lowest BCUT2D eigenvalue weighted by atomic mass is 9.95. The minimum atomic E-state index is -0.458. The second kappa shape index (κ2) is 10.6. The zero-order valence-corrected chi connectivity index (χ0v) is 21.3. The molecule has 0 radical (unpaired) electrons. The molecule has 1 aromatic carbocycles. The van der Waals surface area contributed by atoms with Crippen LogP contribution in [0.5, 0.6) is 0 Å². The van der Waals surface area contributed by atoms with Crippen molar-refractivity contribution in [3.63, 3.8) is 0 Å². The maximum atomic E-state index is 13.7. The normalized spacial score (nSPS) is 19.7. The van der Waals surface area contributed by atoms with Crippen LogP contribution >= 0.6 is 0 Å². The average molecular weight is 503 g/mol. The number of hydrogen-bond donors (Lipinski definition) is 1. The molecule has 1 aliphatic carbocycles. The van der Waals surface area contributed by atoms with Crippen molar-refractivity contribution in [1.82, 2.24) is 30.1 Å². The lowest BCUT2D eigenvalue weighted by molar-refractivity contribution is 0.0539. The Kier molecular flexibility index (Phi) is 6.89. The predicted octanol–water partition coefficient (Wildman–Crippen LogP) is 4.69. The van der Waals surface area contributed by atoms with E-state index in [0.29, 0.717) is 24.5 Å². The van der Waals surface area contributed by atoms with E-state index in [1.807, 2.05) is 35.0 Å². The van der Waals surface area contributed by atoms with E-state index >= 15 is 0 Å². The molecule has 37 heavy (non-hydrogen) atoms. The quantitative estimate of drug-likeness (QED) is 0.373. The molecule has 1 saturated heterocycles. The van der Waals surface area contributed by atoms with Crippen molar-refractivity contribution in [1.29, 1.82) is 0 Å². The predicted molar refractivity (Wildman–Crippen MR) is 139 cm³/mol. The fourth-order valence-electron chi connectivity index (χ4n) is 5.93. The fourth-order valence-corrected chi connectivity index (χ4v) is 5.93. The number of hydrogen-bond acceptors (Lipinski definition) is 7. The first-order chi connectivity index (χ1) is 18.2. The Morgan fingerprint density at radius 1 is 1.14 bits per heavy atom. The molecule has 2 aliphatic rings. The second-order valence-electron chi connectivity index (χ2n) is 10.5. The van der Waals surface area contributed by atoms with Crippen LogP contribution in [0.2, 0.25) is 0 Å². The summed E-state index contributed by atoms with van der Waals surface area (Å²) in [4.78, 5) is 19.0. The van der Waals surface area contributed by atoms with Crippen molar-refractivity contribution < 1.29 is 9.15 Å². The van der Waals surface area contributed by atoms with Gasteiger partial charge < -0.3 is 14.1 Å². The number of aryl methyl sites for hydroxylation is 1. The fraction of sp³-hybridized carbons (Fsp3) is 0.500. The van der Waals surface area contributed by atoms with Crippen molar-refractivity contribution in [2.45, 2.75) is 76.6 Å². The van der Waals surface area contributed by atoms with Crippen LogP contribution in [0, 0.1) is 6.92 Å². The van der Waals surface area contributed by atoms with Crippen LogP contribution in [0.25, 0.3) is 10.9 Å². The van der Waals surface area contributed by atoms with Gasteiger partial charge in [0, 0.05) is 24.2 Å². The molecule has 0 spiro atoms. The second-order valence-corrected chi connectivity index (χ2v) is 10.5. The first-order valence-electron chi connectivity index (χ1n) is 13.4. The van der Waals surface area contributed by atoms with Gasteiger partial charge in [0.15, 0.2) is 5.82 Å². The first-order valence-corrected chi connectivity index (χ1v) is 13.4. The number of furan rings is 1. The van der Waals surface area contributed by atoms with Gasteiger partial charge >= 0.3 is 0 Å². The van der Waals surface area contributed by atoms with Gasteiger partial charge in [0.2, 0.25) is 0 Å². The Bertz CT molecular complexity index is 1380. The van der Waals surface area contributed by atoms with Gasteiger partial charge in [0.1, 0.15) is 11.8 Å². The number of benzene rings is 1. The van der Waals surface area contributed by atoms with Crippen molar-refractivity contribution in [3.8, 4) is 0 Å². The number of pyridine rings is 1. The molecule has 4 heterocycles. The lowest BCUT2D eigenvalue weighted by Gasteiger charge is -2.33. The topological polar surface area (TPSA) is 102 Å². The van der Waals surface area contributed by atoms with E-state index in [4.69, 9.17) is 9.15 Å². The van der Waals surface area contributed by atoms with E-state index in [1.165, 1.54) is 6.42 Å². The highest BCUT2D eigenvalue weighted by Crippen LogP contribution is 2.34. The number of nitrogens with zero attached hydrogens (tertiary/aromatic N) is 5. The van der Waals surface area contributed by atoms with Gasteiger partial charge in [0.05, 0.1) is 25.0 Å². The van der Waals surface area contributed by atoms with Crippen LogP contribution in [-0.2, 0) is 11.3 Å². The maximum absolute atomic E-state index is 13.7. The lowest BCUT2D eigenvalue weighted by Crippen LogP contribution is -2.39. The number of aromatic nitrogens is 5. The van der Waals surface area contributed by atoms with Gasteiger partial charge in [-0.05, 0) is 78.8 Å². The summed E-state index contributed by atoms with van der Waals surface area (Å²) >= 11 is 0. The molecule has 1 aliphatic heterocycles. The molecule has 9 heteroatoms. The van der Waals surface area contributed by atoms with Gasteiger partial charge in [-0.1, -0.05) is 30.9 Å². The third kappa shape index (κ3) is 5.10. The van der Waals surface area contributed by atoms with Crippen LogP contribution < -0.4 is 5.56 Å². The Morgan fingerprint density at radius 3 is 2.81 bits per heavy atom. The molecular formula is C28H34N6O3. The SMILES string of the molecule is Cc1ccc2[nH]c(=O)c([C@@H](c3nnnn3C3CCCCC3)N(Cc3ccco3)C[C@H]3CCCO3)cc2c1. The molecule has 194 valence electrons. The van der Waals surface area contributed by atoms with E-state index < -0.39 is 6.04 Å². The minimum Gasteiger partial charge on any atom is -0.468 e. The monoisotopic (exact) mass is 502 g/mol. The Morgan fingerprint density at radius 2 is 2.03 bits per heavy atom. The number of H-pyrrole nitrogens is 1. The molecule has 2 fully saturated rings. The van der Waals surface area contributed by atoms with Crippen LogP contribution in [0.3, 0.4) is 0 Å². The Balaban J connectivity index is 1.50. The molecular weight excluding hydrogens is 468 g/mol. The van der Waals surface area contributed by atoms with Gasteiger partial charge in [-0.25, -0.2) is 4.68 Å². The summed E-state index contributed by atoms with van der Waals surface area (Å²) in [5.41, 5.74) is 2.47. The van der Waals surface area contributed by atoms with E-state index in [-0.39, 0.29) is 17.7 Å². The van der Waals surface area contributed by atoms with E-state index in [2.05, 4.69) is 38.4 Å². The third-order valence-electron chi connectivity index (χ3n) is 7.77. The minimum absolute atomic E-state index is 0.0817. The van der Waals surface area contributed by atoms with Crippen LogP contribution in [0.4, 0.5) is 0 Å². The standard InChI is InChI=1S/C28H34N6O3/c1-19-11-12-25-20(15-19)16-24(28(35)29-25)26(27-30-31-32-34(27)21-7-3-2-4-8-21)33(17-22-9-5-13-36-22)18-23-10-6-14-37-23/h5,9,11-13,15-16,21,23,26H,2-4,6-8,10,14,17-18H2,1H3,(H,29,35)/t23-,26+/m1/s1. The summed E-state index contributed by atoms with van der Waals surface area (Å²) in [6.45, 7) is 3.99. The molecule has 9 nitrogen and oxygen atoms in total. The number of tetrazole rings is 1.